The fourth-order valence-corrected chi connectivity index (χ4v) is 1.91. The molecule has 0 aliphatic carbocycles. The van der Waals surface area contributed by atoms with Crippen molar-refractivity contribution in [1.29, 1.82) is 0 Å². The second-order valence-corrected chi connectivity index (χ2v) is 5.54. The molecule has 4 nitrogen and oxygen atoms in total. The van der Waals surface area contributed by atoms with E-state index in [1.54, 1.807) is 14.2 Å². The Balaban J connectivity index is 2.78. The Bertz CT molecular complexity index is 436. The highest BCUT2D eigenvalue weighted by Crippen LogP contribution is 2.31. The minimum Gasteiger partial charge on any atom is -0.496 e. The average Bonchev–Trinajstić information content (AvgIpc) is 2.37. The molecule has 0 aliphatic rings. The van der Waals surface area contributed by atoms with Gasteiger partial charge in [-0.25, -0.2) is 4.79 Å². The van der Waals surface area contributed by atoms with Crippen molar-refractivity contribution in [2.24, 2.45) is 0 Å². The van der Waals surface area contributed by atoms with Crippen molar-refractivity contribution in [3.8, 4) is 5.75 Å². The fraction of sp³-hybridized carbons (Fsp3) is 0.533. The van der Waals surface area contributed by atoms with Crippen molar-refractivity contribution in [2.45, 2.75) is 32.6 Å². The predicted molar refractivity (Wildman–Crippen MR) is 77.9 cm³/mol. The lowest BCUT2D eigenvalue weighted by molar-refractivity contribution is 0.243. The summed E-state index contributed by atoms with van der Waals surface area (Å²) < 4.78 is 5.41. The molecule has 1 aromatic carbocycles. The first-order valence-electron chi connectivity index (χ1n) is 6.51. The fourth-order valence-electron chi connectivity index (χ4n) is 1.91. The van der Waals surface area contributed by atoms with Crippen LogP contribution < -0.4 is 15.4 Å². The molecule has 0 aromatic heterocycles. The van der Waals surface area contributed by atoms with Crippen LogP contribution in [0.4, 0.5) is 4.79 Å². The van der Waals surface area contributed by atoms with Gasteiger partial charge in [-0.2, -0.15) is 0 Å². The molecular formula is C15H24N2O2. The van der Waals surface area contributed by atoms with Gasteiger partial charge in [-0.15, -0.1) is 0 Å². The Labute approximate surface area is 115 Å². The molecule has 0 saturated heterocycles. The molecule has 106 valence electrons. The number of ether oxygens (including phenoxy) is 1. The Morgan fingerprint density at radius 3 is 2.53 bits per heavy atom. The Kier molecular flexibility index (Phi) is 5.21. The van der Waals surface area contributed by atoms with Gasteiger partial charge in [0.1, 0.15) is 5.75 Å². The minimum absolute atomic E-state index is 0.0373. The molecule has 0 atom stereocenters. The minimum atomic E-state index is -0.149. The third kappa shape index (κ3) is 4.47. The molecule has 0 aliphatic heterocycles. The zero-order valence-electron chi connectivity index (χ0n) is 12.5. The molecule has 0 heterocycles. The Morgan fingerprint density at radius 1 is 1.32 bits per heavy atom. The standard InChI is InChI=1S/C15H24N2O2/c1-15(2,3)12-10-11(6-7-13(12)19-5)8-9-17-14(18)16-4/h6-7,10H,8-9H2,1-5H3,(H2,16,17,18). The molecule has 2 N–H and O–H groups in total. The molecule has 0 bridgehead atoms. The maximum Gasteiger partial charge on any atom is 0.314 e. The quantitative estimate of drug-likeness (QED) is 0.877. The van der Waals surface area contributed by atoms with Crippen LogP contribution in [0.1, 0.15) is 31.9 Å². The van der Waals surface area contributed by atoms with Crippen molar-refractivity contribution < 1.29 is 9.53 Å². The number of carbonyl (C=O) groups is 1. The second kappa shape index (κ2) is 6.45. The number of rotatable bonds is 4. The highest BCUT2D eigenvalue weighted by atomic mass is 16.5. The summed E-state index contributed by atoms with van der Waals surface area (Å²) in [4.78, 5) is 11.1. The van der Waals surface area contributed by atoms with Crippen LogP contribution in [0, 0.1) is 0 Å². The van der Waals surface area contributed by atoms with Crippen LogP contribution in [-0.4, -0.2) is 26.7 Å². The van der Waals surface area contributed by atoms with E-state index in [2.05, 4.69) is 37.5 Å². The van der Waals surface area contributed by atoms with Crippen molar-refractivity contribution in [1.82, 2.24) is 10.6 Å². The van der Waals surface area contributed by atoms with Crippen molar-refractivity contribution in [2.75, 3.05) is 20.7 Å². The van der Waals surface area contributed by atoms with Crippen LogP contribution in [0.2, 0.25) is 0 Å². The number of hydrogen-bond acceptors (Lipinski definition) is 2. The van der Waals surface area contributed by atoms with Gasteiger partial charge in [0.25, 0.3) is 0 Å². The van der Waals surface area contributed by atoms with Crippen molar-refractivity contribution >= 4 is 6.03 Å². The maximum atomic E-state index is 11.1. The molecular weight excluding hydrogens is 240 g/mol. The average molecular weight is 264 g/mol. The summed E-state index contributed by atoms with van der Waals surface area (Å²) in [7, 11) is 3.30. The zero-order valence-corrected chi connectivity index (χ0v) is 12.5. The van der Waals surface area contributed by atoms with Crippen LogP contribution in [0.15, 0.2) is 18.2 Å². The first-order valence-corrected chi connectivity index (χ1v) is 6.51. The number of nitrogens with one attached hydrogen (secondary N) is 2. The molecule has 0 fully saturated rings. The van der Waals surface area contributed by atoms with Crippen molar-refractivity contribution in [3.05, 3.63) is 29.3 Å². The first-order chi connectivity index (χ1) is 8.88. The van der Waals surface area contributed by atoms with Crippen LogP contribution in [0.25, 0.3) is 0 Å². The second-order valence-electron chi connectivity index (χ2n) is 5.54. The molecule has 19 heavy (non-hydrogen) atoms. The first kappa shape index (κ1) is 15.3. The van der Waals surface area contributed by atoms with E-state index in [1.807, 2.05) is 12.1 Å². The van der Waals surface area contributed by atoms with Gasteiger partial charge in [0, 0.05) is 13.6 Å². The summed E-state index contributed by atoms with van der Waals surface area (Å²) in [6, 6.07) is 6.05. The number of carbonyl (C=O) groups excluding carboxylic acids is 1. The monoisotopic (exact) mass is 264 g/mol. The van der Waals surface area contributed by atoms with Gasteiger partial charge in [-0.1, -0.05) is 32.9 Å². The zero-order chi connectivity index (χ0) is 14.5. The van der Waals surface area contributed by atoms with Gasteiger partial charge in [-0.05, 0) is 29.0 Å². The van der Waals surface area contributed by atoms with E-state index in [1.165, 1.54) is 11.1 Å². The summed E-state index contributed by atoms with van der Waals surface area (Å²) in [5.74, 6) is 0.913. The number of methoxy groups -OCH3 is 1. The predicted octanol–water partition coefficient (Wildman–Crippen LogP) is 2.46. The maximum absolute atomic E-state index is 11.1. The largest absolute Gasteiger partial charge is 0.496 e. The summed E-state index contributed by atoms with van der Waals surface area (Å²) in [6.45, 7) is 7.11. The summed E-state index contributed by atoms with van der Waals surface area (Å²) in [5.41, 5.74) is 2.42. The molecule has 0 unspecified atom stereocenters. The van der Waals surface area contributed by atoms with E-state index in [0.717, 1.165) is 12.2 Å². The Morgan fingerprint density at radius 2 is 2.00 bits per heavy atom. The number of urea groups is 1. The van der Waals surface area contributed by atoms with Gasteiger partial charge in [0.2, 0.25) is 0 Å². The third-order valence-corrected chi connectivity index (χ3v) is 3.00. The normalized spacial score (nSPS) is 11.0. The molecule has 0 saturated carbocycles. The van der Waals surface area contributed by atoms with Crippen molar-refractivity contribution in [3.63, 3.8) is 0 Å². The van der Waals surface area contributed by atoms with Gasteiger partial charge in [0.05, 0.1) is 7.11 Å². The van der Waals surface area contributed by atoms with Gasteiger partial charge in [-0.3, -0.25) is 0 Å². The molecule has 1 aromatic rings. The number of amides is 2. The van der Waals surface area contributed by atoms with E-state index in [0.29, 0.717) is 6.54 Å². The molecule has 1 rings (SSSR count). The summed E-state index contributed by atoms with van der Waals surface area (Å²) >= 11 is 0. The van der Waals surface area contributed by atoms with Gasteiger partial charge >= 0.3 is 6.03 Å². The lowest BCUT2D eigenvalue weighted by Gasteiger charge is -2.23. The number of hydrogen-bond donors (Lipinski definition) is 2. The van der Waals surface area contributed by atoms with Gasteiger partial charge in [0.15, 0.2) is 0 Å². The summed E-state index contributed by atoms with van der Waals surface area (Å²) in [6.07, 6.45) is 0.806. The van der Waals surface area contributed by atoms with E-state index >= 15 is 0 Å². The van der Waals surface area contributed by atoms with Crippen LogP contribution in [0.5, 0.6) is 5.75 Å². The summed E-state index contributed by atoms with van der Waals surface area (Å²) in [5, 5.41) is 5.32. The highest BCUT2D eigenvalue weighted by molar-refractivity contribution is 5.73. The lowest BCUT2D eigenvalue weighted by Crippen LogP contribution is -2.34. The highest BCUT2D eigenvalue weighted by Gasteiger charge is 2.19. The van der Waals surface area contributed by atoms with Crippen LogP contribution in [0.3, 0.4) is 0 Å². The third-order valence-electron chi connectivity index (χ3n) is 3.00. The molecule has 2 amide bonds. The molecule has 0 radical (unpaired) electrons. The van der Waals surface area contributed by atoms with Gasteiger partial charge < -0.3 is 15.4 Å². The lowest BCUT2D eigenvalue weighted by atomic mass is 9.85. The van der Waals surface area contributed by atoms with Crippen LogP contribution in [-0.2, 0) is 11.8 Å². The Hall–Kier alpha value is -1.71. The van der Waals surface area contributed by atoms with E-state index < -0.39 is 0 Å². The van der Waals surface area contributed by atoms with E-state index in [-0.39, 0.29) is 11.4 Å². The smallest absolute Gasteiger partial charge is 0.314 e. The van der Waals surface area contributed by atoms with E-state index in [4.69, 9.17) is 4.74 Å². The van der Waals surface area contributed by atoms with E-state index in [9.17, 15) is 4.79 Å². The SMILES string of the molecule is CNC(=O)NCCc1ccc(OC)c(C(C)(C)C)c1. The topological polar surface area (TPSA) is 50.4 Å². The molecule has 4 heteroatoms. The van der Waals surface area contributed by atoms with Crippen LogP contribution >= 0.6 is 0 Å². The number of benzene rings is 1. The molecule has 0 spiro atoms.